The Balaban J connectivity index is 1.84. The minimum absolute atomic E-state index is 0.0218. The number of β-lactam (4-membered cyclic amide) rings is 1. The van der Waals surface area contributed by atoms with E-state index in [1.807, 2.05) is 0 Å². The van der Waals surface area contributed by atoms with Gasteiger partial charge in [0.15, 0.2) is 10.8 Å². The molecule has 2 aliphatic heterocycles. The summed E-state index contributed by atoms with van der Waals surface area (Å²) in [5.74, 6) is -3.20. The zero-order valence-corrected chi connectivity index (χ0v) is 21.8. The van der Waals surface area contributed by atoms with Crippen molar-refractivity contribution >= 4 is 75.7 Å². The number of esters is 1. The van der Waals surface area contributed by atoms with Crippen LogP contribution in [0.3, 0.4) is 0 Å². The predicted octanol–water partition coefficient (Wildman–Crippen LogP) is 1.18. The zero-order valence-electron chi connectivity index (χ0n) is 19.4. The van der Waals surface area contributed by atoms with Gasteiger partial charge in [0.1, 0.15) is 32.7 Å². The number of nitrogens with one attached hydrogen (secondary N) is 2. The summed E-state index contributed by atoms with van der Waals surface area (Å²) in [7, 11) is 0. The maximum Gasteiger partial charge on any atom is 0.352 e. The lowest BCUT2D eigenvalue weighted by molar-refractivity contribution is -0.167. The molecule has 0 bridgehead atoms. The Morgan fingerprint density at radius 1 is 1.39 bits per heavy atom. The van der Waals surface area contributed by atoms with Gasteiger partial charge in [0.05, 0.1) is 0 Å². The Labute approximate surface area is 218 Å². The molecule has 3 heterocycles. The number of thioether (sulfide) groups is 1. The number of nitrogens with zero attached hydrogens (tertiary/aromatic N) is 3. The van der Waals surface area contributed by atoms with Crippen LogP contribution < -0.4 is 10.6 Å². The topological polar surface area (TPSA) is 177 Å². The first-order valence-corrected chi connectivity index (χ1v) is 12.6. The number of aliphatic carboxylic acids is 1. The molecule has 16 heteroatoms. The van der Waals surface area contributed by atoms with Gasteiger partial charge in [0, 0.05) is 5.75 Å². The number of hydrogen-bond donors (Lipinski definition) is 3. The third-order valence-electron chi connectivity index (χ3n) is 4.60. The molecule has 2 unspecified atom stereocenters. The van der Waals surface area contributed by atoms with Gasteiger partial charge in [-0.1, -0.05) is 28.1 Å². The van der Waals surface area contributed by atoms with Crippen LogP contribution in [0.2, 0.25) is 4.34 Å². The molecule has 1 aromatic heterocycles. The highest BCUT2D eigenvalue weighted by Crippen LogP contribution is 2.37. The number of aromatic nitrogens is 1. The van der Waals surface area contributed by atoms with E-state index in [1.165, 1.54) is 24.8 Å². The van der Waals surface area contributed by atoms with Crippen molar-refractivity contribution in [2.75, 3.05) is 11.1 Å². The van der Waals surface area contributed by atoms with Crippen molar-refractivity contribution in [2.45, 2.75) is 50.8 Å². The van der Waals surface area contributed by atoms with Gasteiger partial charge in [-0.25, -0.2) is 14.6 Å². The summed E-state index contributed by atoms with van der Waals surface area (Å²) < 4.78 is 5.20. The molecule has 1 aromatic rings. The van der Waals surface area contributed by atoms with Gasteiger partial charge >= 0.3 is 11.9 Å². The van der Waals surface area contributed by atoms with Gasteiger partial charge in [-0.2, -0.15) is 0 Å². The molecule has 2 aliphatic rings. The zero-order chi connectivity index (χ0) is 26.8. The maximum absolute atomic E-state index is 13.2. The van der Waals surface area contributed by atoms with Crippen LogP contribution in [0.1, 0.15) is 33.4 Å². The second kappa shape index (κ2) is 10.8. The Morgan fingerprint density at radius 2 is 2.08 bits per heavy atom. The van der Waals surface area contributed by atoms with E-state index >= 15 is 0 Å². The highest BCUT2D eigenvalue weighted by Gasteiger charge is 2.53. The lowest BCUT2D eigenvalue weighted by Gasteiger charge is -2.48. The fourth-order valence-corrected chi connectivity index (χ4v) is 5.26. The third-order valence-corrected chi connectivity index (χ3v) is 6.97. The summed E-state index contributed by atoms with van der Waals surface area (Å²) in [4.78, 5) is 70.6. The second-order valence-corrected chi connectivity index (χ2v) is 11.2. The molecular weight excluding hydrogens is 538 g/mol. The first-order chi connectivity index (χ1) is 16.8. The molecule has 0 saturated carbocycles. The number of oxime groups is 1. The van der Waals surface area contributed by atoms with Crippen LogP contribution in [0, 0.1) is 0 Å². The average molecular weight is 560 g/mol. The molecule has 1 fully saturated rings. The van der Waals surface area contributed by atoms with E-state index in [0.29, 0.717) is 12.2 Å². The molecule has 0 aromatic carbocycles. The summed E-state index contributed by atoms with van der Waals surface area (Å²) >= 11 is 8.31. The summed E-state index contributed by atoms with van der Waals surface area (Å²) in [5.41, 5.74) is -1.58. The number of carboxylic acid groups (broad SMARTS) is 1. The van der Waals surface area contributed by atoms with E-state index in [-0.39, 0.29) is 20.9 Å². The molecule has 13 nitrogen and oxygen atoms in total. The number of rotatable bonds is 9. The molecular formula is C20H22ClN5O8S2. The Bertz CT molecular complexity index is 1160. The van der Waals surface area contributed by atoms with Crippen LogP contribution in [-0.4, -0.2) is 79.7 Å². The van der Waals surface area contributed by atoms with Crippen molar-refractivity contribution in [2.24, 2.45) is 5.16 Å². The SMILES string of the molecule is CC(ON=C(C(=O)NC1C(=O)N2C(C(=O)O)=CCS[C@@H]12)c1nc(NC=O)sc1Cl)C(=O)OC(C)(C)C. The number of amides is 3. The summed E-state index contributed by atoms with van der Waals surface area (Å²) in [5, 5.41) is 17.3. The van der Waals surface area contributed by atoms with Gasteiger partial charge in [-0.05, 0) is 33.8 Å². The van der Waals surface area contributed by atoms with Gasteiger partial charge in [0.25, 0.3) is 11.8 Å². The predicted molar refractivity (Wildman–Crippen MR) is 130 cm³/mol. The number of hydrogen-bond acceptors (Lipinski definition) is 11. The summed E-state index contributed by atoms with van der Waals surface area (Å²) in [6.07, 6.45) is 0.566. The van der Waals surface area contributed by atoms with E-state index in [2.05, 4.69) is 20.8 Å². The van der Waals surface area contributed by atoms with Gasteiger partial charge in [-0.3, -0.25) is 19.3 Å². The van der Waals surface area contributed by atoms with E-state index < -0.39 is 52.6 Å². The highest BCUT2D eigenvalue weighted by molar-refractivity contribution is 8.00. The van der Waals surface area contributed by atoms with E-state index in [4.69, 9.17) is 21.2 Å². The first kappa shape index (κ1) is 27.4. The fraction of sp³-hybridized carbons (Fsp3) is 0.450. The number of anilines is 1. The number of carbonyl (C=O) groups excluding carboxylic acids is 4. The van der Waals surface area contributed by atoms with Gasteiger partial charge < -0.3 is 25.3 Å². The Morgan fingerprint density at radius 3 is 2.69 bits per heavy atom. The fourth-order valence-electron chi connectivity index (χ4n) is 3.06. The molecule has 194 valence electrons. The smallest absolute Gasteiger partial charge is 0.352 e. The largest absolute Gasteiger partial charge is 0.477 e. The number of ether oxygens (including phenoxy) is 1. The maximum atomic E-state index is 13.2. The lowest BCUT2D eigenvalue weighted by atomic mass is 10.0. The second-order valence-electron chi connectivity index (χ2n) is 8.40. The molecule has 3 amide bonds. The number of carboxylic acids is 1. The lowest BCUT2D eigenvalue weighted by Crippen LogP contribution is -2.70. The highest BCUT2D eigenvalue weighted by atomic mass is 35.5. The van der Waals surface area contributed by atoms with Gasteiger partial charge in [-0.15, -0.1) is 11.8 Å². The Kier molecular flexibility index (Phi) is 8.26. The normalized spacial score (nSPS) is 20.4. The van der Waals surface area contributed by atoms with Crippen molar-refractivity contribution in [1.29, 1.82) is 0 Å². The first-order valence-electron chi connectivity index (χ1n) is 10.4. The standard InChI is InChI=1S/C20H22ClN5O8S2/c1-8(18(32)33-20(2,3)4)34-25-11(10-13(21)36-19(24-10)22-7-27)14(28)23-12-15(29)26-9(17(30)31)5-6-35-16(12)26/h5,7-8,12,16H,6H2,1-4H3,(H,23,28)(H,30,31)(H,22,24,27)/t8?,12?,16-/m0/s1. The van der Waals surface area contributed by atoms with E-state index in [1.54, 1.807) is 20.8 Å². The van der Waals surface area contributed by atoms with Crippen LogP contribution in [0.4, 0.5) is 5.13 Å². The van der Waals surface area contributed by atoms with E-state index in [0.717, 1.165) is 16.2 Å². The van der Waals surface area contributed by atoms with Crippen LogP contribution >= 0.6 is 34.7 Å². The molecule has 3 rings (SSSR count). The molecule has 3 N–H and O–H groups in total. The van der Waals surface area contributed by atoms with Crippen LogP contribution in [-0.2, 0) is 33.5 Å². The molecule has 36 heavy (non-hydrogen) atoms. The monoisotopic (exact) mass is 559 g/mol. The molecule has 0 aliphatic carbocycles. The van der Waals surface area contributed by atoms with Crippen molar-refractivity contribution in [3.8, 4) is 0 Å². The van der Waals surface area contributed by atoms with Crippen molar-refractivity contribution in [3.05, 3.63) is 21.8 Å². The number of carbonyl (C=O) groups is 5. The quantitative estimate of drug-likeness (QED) is 0.131. The third kappa shape index (κ3) is 5.96. The molecule has 3 atom stereocenters. The van der Waals surface area contributed by atoms with Crippen molar-refractivity contribution < 1.29 is 38.7 Å². The summed E-state index contributed by atoms with van der Waals surface area (Å²) in [6, 6.07) is -1.05. The van der Waals surface area contributed by atoms with Gasteiger partial charge in [0.2, 0.25) is 12.5 Å². The minimum Gasteiger partial charge on any atom is -0.477 e. The number of halogens is 1. The summed E-state index contributed by atoms with van der Waals surface area (Å²) in [6.45, 7) is 6.37. The minimum atomic E-state index is -1.25. The molecule has 0 radical (unpaired) electrons. The van der Waals surface area contributed by atoms with Crippen LogP contribution in [0.25, 0.3) is 0 Å². The number of thiazole rings is 1. The number of fused-ring (bicyclic) bond motifs is 1. The van der Waals surface area contributed by atoms with E-state index in [9.17, 15) is 29.1 Å². The average Bonchev–Trinajstić information content (AvgIpc) is 3.15. The van der Waals surface area contributed by atoms with Crippen LogP contribution in [0.15, 0.2) is 16.9 Å². The molecule has 0 spiro atoms. The van der Waals surface area contributed by atoms with Crippen LogP contribution in [0.5, 0.6) is 0 Å². The van der Waals surface area contributed by atoms with Crippen molar-refractivity contribution in [3.63, 3.8) is 0 Å². The molecule has 1 saturated heterocycles. The Hall–Kier alpha value is -3.17. The van der Waals surface area contributed by atoms with Crippen molar-refractivity contribution in [1.82, 2.24) is 15.2 Å².